The first-order chi connectivity index (χ1) is 9.70. The fourth-order valence-corrected chi connectivity index (χ4v) is 2.43. The van der Waals surface area contributed by atoms with Crippen molar-refractivity contribution in [3.8, 4) is 0 Å². The molecule has 2 aromatic carbocycles. The number of aryl methyl sites for hydroxylation is 1. The molecule has 0 bridgehead atoms. The SMILES string of the molecule is Cc1ccc(N(C)c2[nH]c3ccccc3c2C=O)cc1. The number of aromatic nitrogens is 1. The van der Waals surface area contributed by atoms with E-state index in [4.69, 9.17) is 0 Å². The first-order valence-corrected chi connectivity index (χ1v) is 6.57. The summed E-state index contributed by atoms with van der Waals surface area (Å²) in [4.78, 5) is 16.8. The second-order valence-corrected chi connectivity index (χ2v) is 4.95. The Kier molecular flexibility index (Phi) is 3.03. The number of para-hydroxylation sites is 1. The van der Waals surface area contributed by atoms with Crippen LogP contribution in [-0.4, -0.2) is 18.3 Å². The molecule has 0 aliphatic carbocycles. The topological polar surface area (TPSA) is 36.1 Å². The predicted octanol–water partition coefficient (Wildman–Crippen LogP) is 4.06. The Morgan fingerprint density at radius 2 is 1.75 bits per heavy atom. The molecule has 0 amide bonds. The maximum Gasteiger partial charge on any atom is 0.154 e. The zero-order chi connectivity index (χ0) is 14.1. The molecule has 0 aliphatic rings. The second kappa shape index (κ2) is 4.85. The van der Waals surface area contributed by atoms with Crippen molar-refractivity contribution in [2.75, 3.05) is 11.9 Å². The van der Waals surface area contributed by atoms with Gasteiger partial charge in [0.25, 0.3) is 0 Å². The fraction of sp³-hybridized carbons (Fsp3) is 0.118. The van der Waals surface area contributed by atoms with Gasteiger partial charge in [0.05, 0.1) is 5.56 Å². The Morgan fingerprint density at radius 3 is 2.45 bits per heavy atom. The Bertz CT molecular complexity index is 756. The van der Waals surface area contributed by atoms with Gasteiger partial charge in [0.15, 0.2) is 6.29 Å². The van der Waals surface area contributed by atoms with Crippen molar-refractivity contribution < 1.29 is 4.79 Å². The molecule has 0 saturated heterocycles. The van der Waals surface area contributed by atoms with Crippen molar-refractivity contribution in [2.24, 2.45) is 0 Å². The van der Waals surface area contributed by atoms with E-state index in [0.717, 1.165) is 28.7 Å². The summed E-state index contributed by atoms with van der Waals surface area (Å²) in [6, 6.07) is 16.1. The highest BCUT2D eigenvalue weighted by Crippen LogP contribution is 2.31. The molecule has 0 aliphatic heterocycles. The number of fused-ring (bicyclic) bond motifs is 1. The van der Waals surface area contributed by atoms with Crippen LogP contribution in [0.5, 0.6) is 0 Å². The van der Waals surface area contributed by atoms with Gasteiger partial charge in [-0.2, -0.15) is 0 Å². The summed E-state index contributed by atoms with van der Waals surface area (Å²) in [7, 11) is 1.96. The van der Waals surface area contributed by atoms with E-state index in [-0.39, 0.29) is 0 Å². The summed E-state index contributed by atoms with van der Waals surface area (Å²) in [5.41, 5.74) is 3.94. The summed E-state index contributed by atoms with van der Waals surface area (Å²) in [5.74, 6) is 0.824. The van der Waals surface area contributed by atoms with Gasteiger partial charge in [-0.3, -0.25) is 4.79 Å². The van der Waals surface area contributed by atoms with Crippen molar-refractivity contribution >= 4 is 28.7 Å². The molecule has 0 atom stereocenters. The van der Waals surface area contributed by atoms with Gasteiger partial charge in [0.1, 0.15) is 5.82 Å². The third kappa shape index (κ3) is 1.97. The molecular formula is C17H16N2O. The van der Waals surface area contributed by atoms with Crippen LogP contribution in [0.4, 0.5) is 11.5 Å². The van der Waals surface area contributed by atoms with Gasteiger partial charge in [-0.05, 0) is 25.1 Å². The molecule has 1 aromatic heterocycles. The third-order valence-electron chi connectivity index (χ3n) is 3.60. The van der Waals surface area contributed by atoms with Crippen molar-refractivity contribution in [2.45, 2.75) is 6.92 Å². The van der Waals surface area contributed by atoms with Crippen LogP contribution < -0.4 is 4.90 Å². The minimum atomic E-state index is 0.698. The average molecular weight is 264 g/mol. The maximum atomic E-state index is 11.4. The minimum absolute atomic E-state index is 0.698. The Hall–Kier alpha value is -2.55. The highest BCUT2D eigenvalue weighted by atomic mass is 16.1. The Balaban J connectivity index is 2.13. The van der Waals surface area contributed by atoms with Crippen LogP contribution in [0.2, 0.25) is 0 Å². The smallest absolute Gasteiger partial charge is 0.154 e. The summed E-state index contributed by atoms with van der Waals surface area (Å²) < 4.78 is 0. The van der Waals surface area contributed by atoms with E-state index in [1.54, 1.807) is 0 Å². The monoisotopic (exact) mass is 264 g/mol. The maximum absolute atomic E-state index is 11.4. The highest BCUT2D eigenvalue weighted by Gasteiger charge is 2.14. The second-order valence-electron chi connectivity index (χ2n) is 4.95. The molecule has 3 aromatic rings. The zero-order valence-electron chi connectivity index (χ0n) is 11.6. The van der Waals surface area contributed by atoms with E-state index in [2.05, 4.69) is 36.2 Å². The van der Waals surface area contributed by atoms with E-state index in [1.165, 1.54) is 5.56 Å². The predicted molar refractivity (Wildman–Crippen MR) is 82.9 cm³/mol. The number of rotatable bonds is 3. The molecule has 0 unspecified atom stereocenters. The van der Waals surface area contributed by atoms with E-state index in [9.17, 15) is 4.79 Å². The molecule has 0 fully saturated rings. The number of carbonyl (C=O) groups excluding carboxylic acids is 1. The van der Waals surface area contributed by atoms with Gasteiger partial charge in [-0.1, -0.05) is 35.9 Å². The van der Waals surface area contributed by atoms with Gasteiger partial charge in [-0.25, -0.2) is 0 Å². The molecule has 0 spiro atoms. The van der Waals surface area contributed by atoms with Gasteiger partial charge in [0.2, 0.25) is 0 Å². The van der Waals surface area contributed by atoms with Crippen molar-refractivity contribution in [3.05, 3.63) is 59.7 Å². The van der Waals surface area contributed by atoms with Crippen LogP contribution in [0.3, 0.4) is 0 Å². The average Bonchev–Trinajstić information content (AvgIpc) is 2.85. The van der Waals surface area contributed by atoms with Crippen LogP contribution >= 0.6 is 0 Å². The van der Waals surface area contributed by atoms with E-state index >= 15 is 0 Å². The zero-order valence-corrected chi connectivity index (χ0v) is 11.6. The quantitative estimate of drug-likeness (QED) is 0.724. The van der Waals surface area contributed by atoms with Crippen molar-refractivity contribution in [1.82, 2.24) is 4.98 Å². The van der Waals surface area contributed by atoms with E-state index < -0.39 is 0 Å². The molecule has 1 N–H and O–H groups in total. The number of H-pyrrole nitrogens is 1. The van der Waals surface area contributed by atoms with Crippen LogP contribution in [0.25, 0.3) is 10.9 Å². The lowest BCUT2D eigenvalue weighted by Gasteiger charge is -2.18. The van der Waals surface area contributed by atoms with Crippen molar-refractivity contribution in [3.63, 3.8) is 0 Å². The number of anilines is 2. The molecule has 3 rings (SSSR count). The highest BCUT2D eigenvalue weighted by molar-refractivity contribution is 6.04. The van der Waals surface area contributed by atoms with Crippen LogP contribution in [0, 0.1) is 6.92 Å². The minimum Gasteiger partial charge on any atom is -0.341 e. The number of aldehydes is 1. The van der Waals surface area contributed by atoms with Gasteiger partial charge >= 0.3 is 0 Å². The van der Waals surface area contributed by atoms with Crippen molar-refractivity contribution in [1.29, 1.82) is 0 Å². The molecular weight excluding hydrogens is 248 g/mol. The number of aromatic amines is 1. The van der Waals surface area contributed by atoms with E-state index in [1.807, 2.05) is 36.2 Å². The van der Waals surface area contributed by atoms with Crippen LogP contribution in [0.1, 0.15) is 15.9 Å². The fourth-order valence-electron chi connectivity index (χ4n) is 2.43. The molecule has 20 heavy (non-hydrogen) atoms. The Labute approximate surface area is 117 Å². The number of hydrogen-bond acceptors (Lipinski definition) is 2. The van der Waals surface area contributed by atoms with Crippen LogP contribution in [-0.2, 0) is 0 Å². The third-order valence-corrected chi connectivity index (χ3v) is 3.60. The standard InChI is InChI=1S/C17H16N2O/c1-12-7-9-13(10-8-12)19(2)17-15(11-20)14-5-3-4-6-16(14)18-17/h3-11,18H,1-2H3. The number of nitrogens with one attached hydrogen (secondary N) is 1. The molecule has 3 heteroatoms. The lowest BCUT2D eigenvalue weighted by Crippen LogP contribution is -2.11. The number of hydrogen-bond donors (Lipinski definition) is 1. The number of nitrogens with zero attached hydrogens (tertiary/aromatic N) is 1. The first-order valence-electron chi connectivity index (χ1n) is 6.57. The van der Waals surface area contributed by atoms with Gasteiger partial charge < -0.3 is 9.88 Å². The van der Waals surface area contributed by atoms with E-state index in [0.29, 0.717) is 5.56 Å². The Morgan fingerprint density at radius 1 is 1.05 bits per heavy atom. The van der Waals surface area contributed by atoms with Gasteiger partial charge in [0, 0.05) is 23.6 Å². The summed E-state index contributed by atoms with van der Waals surface area (Å²) in [5, 5.41) is 0.955. The summed E-state index contributed by atoms with van der Waals surface area (Å²) >= 11 is 0. The molecule has 0 saturated carbocycles. The normalized spacial score (nSPS) is 10.7. The number of benzene rings is 2. The molecule has 0 radical (unpaired) electrons. The molecule has 100 valence electrons. The van der Waals surface area contributed by atoms with Gasteiger partial charge in [-0.15, -0.1) is 0 Å². The molecule has 3 nitrogen and oxygen atoms in total. The lowest BCUT2D eigenvalue weighted by molar-refractivity contribution is 0.112. The summed E-state index contributed by atoms with van der Waals surface area (Å²) in [6.45, 7) is 2.06. The largest absolute Gasteiger partial charge is 0.341 e. The number of carbonyl (C=O) groups is 1. The first kappa shape index (κ1) is 12.5. The lowest BCUT2D eigenvalue weighted by atomic mass is 10.1. The molecule has 1 heterocycles. The summed E-state index contributed by atoms with van der Waals surface area (Å²) in [6.07, 6.45) is 0.916. The van der Waals surface area contributed by atoms with Crippen LogP contribution in [0.15, 0.2) is 48.5 Å².